The number of nitrogens with zero attached hydrogens (tertiary/aromatic N) is 2. The van der Waals surface area contributed by atoms with E-state index in [4.69, 9.17) is 10.6 Å². The topological polar surface area (TPSA) is 110 Å². The third-order valence-corrected chi connectivity index (χ3v) is 6.63. The molecule has 0 spiro atoms. The Morgan fingerprint density at radius 1 is 1.24 bits per heavy atom. The van der Waals surface area contributed by atoms with Gasteiger partial charge in [0.05, 0.1) is 23.4 Å². The number of nitrogens with two attached hydrogens (primary N) is 1. The molecule has 2 heterocycles. The Morgan fingerprint density at radius 2 is 1.97 bits per heavy atom. The van der Waals surface area contributed by atoms with Gasteiger partial charge in [0.15, 0.2) is 5.78 Å². The van der Waals surface area contributed by atoms with Crippen LogP contribution < -0.4 is 10.6 Å². The van der Waals surface area contributed by atoms with Crippen LogP contribution in [0.3, 0.4) is 0 Å². The summed E-state index contributed by atoms with van der Waals surface area (Å²) in [6, 6.07) is 9.05. The number of methoxy groups -OCH3 is 1. The number of benzene rings is 1. The molecule has 0 radical (unpaired) electrons. The molecule has 0 fully saturated rings. The number of sulfonamides is 1. The fourth-order valence-electron chi connectivity index (χ4n) is 2.64. The maximum absolute atomic E-state index is 12.7. The van der Waals surface area contributed by atoms with Crippen LogP contribution in [0, 0.1) is 0 Å². The summed E-state index contributed by atoms with van der Waals surface area (Å²) in [6.45, 7) is 0.0313. The van der Waals surface area contributed by atoms with Crippen molar-refractivity contribution in [1.82, 2.24) is 9.31 Å². The van der Waals surface area contributed by atoms with E-state index in [1.165, 1.54) is 53.8 Å². The molecule has 0 atom stereocenters. The molecule has 1 aliphatic rings. The zero-order valence-electron chi connectivity index (χ0n) is 15.5. The van der Waals surface area contributed by atoms with Gasteiger partial charge in [-0.05, 0) is 42.1 Å². The number of Topliss-reactive ketones (excluding diaryl/α,β-unsaturated/α-hetero) is 1. The van der Waals surface area contributed by atoms with Gasteiger partial charge in [-0.15, -0.1) is 11.3 Å². The summed E-state index contributed by atoms with van der Waals surface area (Å²) in [5.74, 6) is 5.18. The van der Waals surface area contributed by atoms with E-state index in [-0.39, 0.29) is 33.6 Å². The van der Waals surface area contributed by atoms with Crippen molar-refractivity contribution in [3.8, 4) is 5.75 Å². The lowest BCUT2D eigenvalue weighted by Crippen LogP contribution is -2.43. The van der Waals surface area contributed by atoms with Gasteiger partial charge in [-0.1, -0.05) is 12.1 Å². The van der Waals surface area contributed by atoms with Gasteiger partial charge in [0.25, 0.3) is 15.9 Å². The minimum atomic E-state index is -4.23. The normalized spacial score (nSPS) is 13.7. The first kappa shape index (κ1) is 20.8. The highest BCUT2D eigenvalue weighted by molar-refractivity contribution is 7.89. The number of hydrogen-bond donors (Lipinski definition) is 1. The lowest BCUT2D eigenvalue weighted by atomic mass is 10.1. The van der Waals surface area contributed by atoms with Gasteiger partial charge in [-0.2, -0.15) is 12.8 Å². The van der Waals surface area contributed by atoms with Crippen LogP contribution in [0.2, 0.25) is 0 Å². The number of carbonyl (C=O) groups excluding carboxylic acids is 2. The molecule has 8 nitrogen and oxygen atoms in total. The van der Waals surface area contributed by atoms with E-state index in [0.29, 0.717) is 10.6 Å². The van der Waals surface area contributed by atoms with Crippen LogP contribution in [0.1, 0.15) is 16.1 Å². The Balaban J connectivity index is 1.75. The van der Waals surface area contributed by atoms with Crippen molar-refractivity contribution in [2.75, 3.05) is 13.7 Å². The molecule has 10 heteroatoms. The summed E-state index contributed by atoms with van der Waals surface area (Å²) in [6.07, 6.45) is 4.98. The van der Waals surface area contributed by atoms with Gasteiger partial charge in [0, 0.05) is 18.0 Å². The summed E-state index contributed by atoms with van der Waals surface area (Å²) < 4.78 is 30.5. The molecule has 29 heavy (non-hydrogen) atoms. The Bertz CT molecular complexity index is 1060. The first-order valence-corrected chi connectivity index (χ1v) is 10.8. The van der Waals surface area contributed by atoms with Crippen molar-refractivity contribution >= 4 is 33.1 Å². The molecule has 0 saturated heterocycles. The molecule has 0 saturated carbocycles. The number of carbonyl (C=O) groups is 2. The molecular weight excluding hydrogens is 414 g/mol. The van der Waals surface area contributed by atoms with E-state index >= 15 is 0 Å². The van der Waals surface area contributed by atoms with Crippen molar-refractivity contribution in [3.05, 3.63) is 70.7 Å². The predicted molar refractivity (Wildman–Crippen MR) is 108 cm³/mol. The molecule has 1 aliphatic heterocycles. The highest BCUT2D eigenvalue weighted by atomic mass is 32.2. The number of ether oxygens (including phenoxy) is 1. The van der Waals surface area contributed by atoms with Gasteiger partial charge in [-0.3, -0.25) is 9.59 Å². The number of thiophene rings is 1. The molecule has 0 aliphatic carbocycles. The third-order valence-electron chi connectivity index (χ3n) is 4.17. The monoisotopic (exact) mass is 433 g/mol. The summed E-state index contributed by atoms with van der Waals surface area (Å²) in [7, 11) is -2.77. The average Bonchev–Trinajstić information content (AvgIpc) is 3.28. The largest absolute Gasteiger partial charge is 0.497 e. The van der Waals surface area contributed by atoms with Crippen LogP contribution in [0.5, 0.6) is 5.75 Å². The van der Waals surface area contributed by atoms with E-state index in [0.717, 1.165) is 0 Å². The lowest BCUT2D eigenvalue weighted by molar-refractivity contribution is -0.123. The van der Waals surface area contributed by atoms with E-state index < -0.39 is 15.9 Å². The molecule has 0 unspecified atom stereocenters. The maximum atomic E-state index is 12.7. The van der Waals surface area contributed by atoms with Crippen molar-refractivity contribution in [2.45, 2.75) is 11.3 Å². The van der Waals surface area contributed by atoms with E-state index in [1.54, 1.807) is 29.8 Å². The molecule has 1 aromatic carbocycles. The second-order valence-electron chi connectivity index (χ2n) is 6.10. The maximum Gasteiger partial charge on any atom is 0.280 e. The highest BCUT2D eigenvalue weighted by Gasteiger charge is 2.29. The number of ketones is 1. The summed E-state index contributed by atoms with van der Waals surface area (Å²) >= 11 is 1.33. The number of rotatable bonds is 7. The van der Waals surface area contributed by atoms with Crippen molar-refractivity contribution in [1.29, 1.82) is 0 Å². The fourth-order valence-corrected chi connectivity index (χ4v) is 4.34. The van der Waals surface area contributed by atoms with Gasteiger partial charge >= 0.3 is 0 Å². The van der Waals surface area contributed by atoms with Crippen LogP contribution in [-0.2, 0) is 14.8 Å². The third kappa shape index (κ3) is 4.56. The molecule has 1 aromatic heterocycles. The van der Waals surface area contributed by atoms with Gasteiger partial charge in [0.2, 0.25) is 0 Å². The summed E-state index contributed by atoms with van der Waals surface area (Å²) in [4.78, 5) is 27.0. The SMILES string of the molecule is COc1ccc(S(=O)(=O)N(N)C(=O)C2=CN(CC(=O)c3cccs3)C=CC2)cc1. The Morgan fingerprint density at radius 3 is 2.59 bits per heavy atom. The number of hydrazine groups is 1. The second-order valence-corrected chi connectivity index (χ2v) is 8.86. The molecule has 3 rings (SSSR count). The molecule has 152 valence electrons. The average molecular weight is 434 g/mol. The smallest absolute Gasteiger partial charge is 0.280 e. The number of hydrogen-bond acceptors (Lipinski definition) is 8. The molecular formula is C19H19N3O5S2. The van der Waals surface area contributed by atoms with Crippen LogP contribution in [0.15, 0.2) is 70.7 Å². The molecule has 0 bridgehead atoms. The van der Waals surface area contributed by atoms with Crippen molar-refractivity contribution in [3.63, 3.8) is 0 Å². The molecule has 2 aromatic rings. The summed E-state index contributed by atoms with van der Waals surface area (Å²) in [5, 5.41) is 1.81. The van der Waals surface area contributed by atoms with Gasteiger partial charge in [-0.25, -0.2) is 5.84 Å². The van der Waals surface area contributed by atoms with Crippen LogP contribution in [-0.4, -0.2) is 43.1 Å². The molecule has 2 N–H and O–H groups in total. The second kappa shape index (κ2) is 8.60. The lowest BCUT2D eigenvalue weighted by Gasteiger charge is -2.23. The van der Waals surface area contributed by atoms with E-state index in [1.807, 2.05) is 0 Å². The van der Waals surface area contributed by atoms with E-state index in [2.05, 4.69) is 0 Å². The molecule has 1 amide bonds. The minimum Gasteiger partial charge on any atom is -0.497 e. The predicted octanol–water partition coefficient (Wildman–Crippen LogP) is 2.13. The van der Waals surface area contributed by atoms with Gasteiger partial charge in [0.1, 0.15) is 5.75 Å². The highest BCUT2D eigenvalue weighted by Crippen LogP contribution is 2.21. The van der Waals surface area contributed by atoms with E-state index in [9.17, 15) is 18.0 Å². The Kier molecular flexibility index (Phi) is 6.16. The number of allylic oxidation sites excluding steroid dienone is 1. The zero-order valence-corrected chi connectivity index (χ0v) is 17.2. The van der Waals surface area contributed by atoms with Crippen LogP contribution in [0.25, 0.3) is 0 Å². The summed E-state index contributed by atoms with van der Waals surface area (Å²) in [5.41, 5.74) is 0.158. The van der Waals surface area contributed by atoms with Crippen molar-refractivity contribution in [2.24, 2.45) is 5.84 Å². The quantitative estimate of drug-likeness (QED) is 0.308. The Hall–Kier alpha value is -2.95. The van der Waals surface area contributed by atoms with Gasteiger partial charge < -0.3 is 9.64 Å². The standard InChI is InChI=1S/C19H19N3O5S2/c1-27-15-6-8-16(9-7-15)29(25,26)22(20)19(24)14-4-2-10-21(12-14)13-17(23)18-5-3-11-28-18/h2-3,5-12H,4,13,20H2,1H3. The van der Waals surface area contributed by atoms with Crippen molar-refractivity contribution < 1.29 is 22.7 Å². The number of amides is 1. The van der Waals surface area contributed by atoms with Crippen LogP contribution in [0.4, 0.5) is 0 Å². The first-order valence-electron chi connectivity index (χ1n) is 8.51. The minimum absolute atomic E-state index is 0.0313. The first-order chi connectivity index (χ1) is 13.8. The Labute approximate surface area is 172 Å². The zero-order chi connectivity index (χ0) is 21.0. The van der Waals surface area contributed by atoms with Crippen LogP contribution >= 0.6 is 11.3 Å². The fraction of sp³-hybridized carbons (Fsp3) is 0.158.